The van der Waals surface area contributed by atoms with Crippen LogP contribution in [0.5, 0.6) is 11.5 Å². The molecule has 0 spiro atoms. The van der Waals surface area contributed by atoms with Crippen LogP contribution in [-0.4, -0.2) is 16.0 Å². The van der Waals surface area contributed by atoms with Gasteiger partial charge >= 0.3 is 0 Å². The number of fused-ring (bicyclic) bond motifs is 1. The predicted molar refractivity (Wildman–Crippen MR) is 42.4 cm³/mol. The molecule has 1 aromatic rings. The average molecular weight is 164 g/mol. The van der Waals surface area contributed by atoms with Gasteiger partial charge in [-0.2, -0.15) is 0 Å². The number of Topliss-reactive ketones (excluding diaryl/α,β-unsaturated/α-hetero) is 1. The highest BCUT2D eigenvalue weighted by Gasteiger charge is 2.23. The fourth-order valence-electron chi connectivity index (χ4n) is 1.51. The van der Waals surface area contributed by atoms with Crippen molar-refractivity contribution in [3.63, 3.8) is 0 Å². The summed E-state index contributed by atoms with van der Waals surface area (Å²) >= 11 is 0. The third-order valence-electron chi connectivity index (χ3n) is 2.16. The van der Waals surface area contributed by atoms with Crippen molar-refractivity contribution in [3.8, 4) is 11.5 Å². The molecule has 1 aliphatic carbocycles. The molecule has 0 atom stereocenters. The van der Waals surface area contributed by atoms with Gasteiger partial charge < -0.3 is 10.2 Å². The van der Waals surface area contributed by atoms with Gasteiger partial charge in [0.1, 0.15) is 0 Å². The second kappa shape index (κ2) is 2.24. The van der Waals surface area contributed by atoms with Crippen LogP contribution >= 0.6 is 0 Å². The molecule has 3 heteroatoms. The highest BCUT2D eigenvalue weighted by atomic mass is 16.3. The van der Waals surface area contributed by atoms with Gasteiger partial charge in [0.2, 0.25) is 0 Å². The zero-order chi connectivity index (χ0) is 8.72. The van der Waals surface area contributed by atoms with E-state index in [1.807, 2.05) is 0 Å². The molecule has 1 aromatic carbocycles. The molecule has 0 fully saturated rings. The van der Waals surface area contributed by atoms with Crippen molar-refractivity contribution in [3.05, 3.63) is 23.3 Å². The van der Waals surface area contributed by atoms with Gasteiger partial charge in [-0.05, 0) is 18.6 Å². The van der Waals surface area contributed by atoms with Crippen LogP contribution in [0.3, 0.4) is 0 Å². The SMILES string of the molecule is O=C1CCc2c1ccc(O)c2O. The van der Waals surface area contributed by atoms with Crippen LogP contribution < -0.4 is 0 Å². The highest BCUT2D eigenvalue weighted by molar-refractivity contribution is 6.01. The summed E-state index contributed by atoms with van der Waals surface area (Å²) in [7, 11) is 0. The number of aromatic hydroxyl groups is 2. The first kappa shape index (κ1) is 7.16. The monoisotopic (exact) mass is 164 g/mol. The molecule has 3 nitrogen and oxygen atoms in total. The Kier molecular flexibility index (Phi) is 1.33. The van der Waals surface area contributed by atoms with E-state index in [0.29, 0.717) is 24.0 Å². The minimum Gasteiger partial charge on any atom is -0.504 e. The average Bonchev–Trinajstić information content (AvgIpc) is 2.41. The minimum absolute atomic E-state index is 0.0419. The lowest BCUT2D eigenvalue weighted by Crippen LogP contribution is -1.90. The molecule has 0 heterocycles. The molecule has 0 bridgehead atoms. The minimum atomic E-state index is -0.150. The highest BCUT2D eigenvalue weighted by Crippen LogP contribution is 2.36. The molecule has 1 aliphatic rings. The number of carbonyl (C=O) groups is 1. The van der Waals surface area contributed by atoms with E-state index < -0.39 is 0 Å². The van der Waals surface area contributed by atoms with Crippen molar-refractivity contribution in [2.24, 2.45) is 0 Å². The summed E-state index contributed by atoms with van der Waals surface area (Å²) in [6, 6.07) is 2.90. The standard InChI is InChI=1S/C9H8O3/c10-7-3-2-6-5(7)1-4-8(11)9(6)12/h1,4,11-12H,2-3H2. The van der Waals surface area contributed by atoms with Crippen molar-refractivity contribution < 1.29 is 15.0 Å². The lowest BCUT2D eigenvalue weighted by Gasteiger charge is -2.02. The molecule has 12 heavy (non-hydrogen) atoms. The van der Waals surface area contributed by atoms with Crippen LogP contribution in [0.2, 0.25) is 0 Å². The molecular formula is C9H8O3. The molecule has 0 aromatic heterocycles. The van der Waals surface area contributed by atoms with Gasteiger partial charge in [0.25, 0.3) is 0 Å². The van der Waals surface area contributed by atoms with Crippen molar-refractivity contribution in [2.75, 3.05) is 0 Å². The maximum Gasteiger partial charge on any atom is 0.163 e. The summed E-state index contributed by atoms with van der Waals surface area (Å²) in [5, 5.41) is 18.4. The van der Waals surface area contributed by atoms with E-state index in [1.165, 1.54) is 6.07 Å². The molecule has 2 rings (SSSR count). The van der Waals surface area contributed by atoms with Gasteiger partial charge in [-0.1, -0.05) is 0 Å². The first-order valence-electron chi connectivity index (χ1n) is 3.77. The largest absolute Gasteiger partial charge is 0.504 e. The third kappa shape index (κ3) is 0.794. The summed E-state index contributed by atoms with van der Waals surface area (Å²) in [5.74, 6) is -0.248. The van der Waals surface area contributed by atoms with Gasteiger partial charge in [-0.25, -0.2) is 0 Å². The fourth-order valence-corrected chi connectivity index (χ4v) is 1.51. The Morgan fingerprint density at radius 3 is 2.67 bits per heavy atom. The van der Waals surface area contributed by atoms with Crippen LogP contribution in [0.1, 0.15) is 22.3 Å². The summed E-state index contributed by atoms with van der Waals surface area (Å²) in [6.07, 6.45) is 0.973. The van der Waals surface area contributed by atoms with E-state index in [0.717, 1.165) is 0 Å². The first-order valence-corrected chi connectivity index (χ1v) is 3.77. The maximum atomic E-state index is 11.1. The van der Waals surface area contributed by atoms with Crippen molar-refractivity contribution in [2.45, 2.75) is 12.8 Å². The fraction of sp³-hybridized carbons (Fsp3) is 0.222. The quantitative estimate of drug-likeness (QED) is 0.567. The van der Waals surface area contributed by atoms with E-state index >= 15 is 0 Å². The normalized spacial score (nSPS) is 14.8. The van der Waals surface area contributed by atoms with Crippen molar-refractivity contribution >= 4 is 5.78 Å². The van der Waals surface area contributed by atoms with E-state index in [2.05, 4.69) is 0 Å². The molecule has 62 valence electrons. The molecule has 0 unspecified atom stereocenters. The van der Waals surface area contributed by atoms with Crippen LogP contribution in [-0.2, 0) is 6.42 Å². The number of hydrogen-bond donors (Lipinski definition) is 2. The van der Waals surface area contributed by atoms with Crippen molar-refractivity contribution in [1.82, 2.24) is 0 Å². The van der Waals surface area contributed by atoms with Gasteiger partial charge in [-0.3, -0.25) is 4.79 Å². The zero-order valence-corrected chi connectivity index (χ0v) is 6.37. The topological polar surface area (TPSA) is 57.5 Å². The number of benzene rings is 1. The van der Waals surface area contributed by atoms with Crippen molar-refractivity contribution in [1.29, 1.82) is 0 Å². The first-order chi connectivity index (χ1) is 5.70. The van der Waals surface area contributed by atoms with Gasteiger partial charge in [0.05, 0.1) is 0 Å². The number of rotatable bonds is 0. The van der Waals surface area contributed by atoms with Crippen LogP contribution in [0, 0.1) is 0 Å². The van der Waals surface area contributed by atoms with E-state index in [-0.39, 0.29) is 17.3 Å². The van der Waals surface area contributed by atoms with Crippen LogP contribution in [0.4, 0.5) is 0 Å². The lowest BCUT2D eigenvalue weighted by atomic mass is 10.1. The van der Waals surface area contributed by atoms with Gasteiger partial charge in [0, 0.05) is 17.5 Å². The number of carbonyl (C=O) groups excluding carboxylic acids is 1. The Labute approximate surface area is 69.3 Å². The Morgan fingerprint density at radius 1 is 1.17 bits per heavy atom. The molecule has 0 amide bonds. The molecule has 0 saturated heterocycles. The number of hydrogen-bond acceptors (Lipinski definition) is 3. The second-order valence-corrected chi connectivity index (χ2v) is 2.88. The second-order valence-electron chi connectivity index (χ2n) is 2.88. The lowest BCUT2D eigenvalue weighted by molar-refractivity contribution is 0.0994. The third-order valence-corrected chi connectivity index (χ3v) is 2.16. The number of phenols is 2. The Morgan fingerprint density at radius 2 is 1.92 bits per heavy atom. The molecule has 0 radical (unpaired) electrons. The Bertz CT molecular complexity index is 355. The maximum absolute atomic E-state index is 11.1. The summed E-state index contributed by atoms with van der Waals surface area (Å²) in [4.78, 5) is 11.1. The molecule has 0 aliphatic heterocycles. The predicted octanol–water partition coefficient (Wildman–Crippen LogP) is 1.23. The molecule has 0 saturated carbocycles. The van der Waals surface area contributed by atoms with Crippen LogP contribution in [0.15, 0.2) is 12.1 Å². The van der Waals surface area contributed by atoms with Gasteiger partial charge in [0.15, 0.2) is 17.3 Å². The summed E-state index contributed by atoms with van der Waals surface area (Å²) < 4.78 is 0. The van der Waals surface area contributed by atoms with E-state index in [4.69, 9.17) is 5.11 Å². The van der Waals surface area contributed by atoms with Gasteiger partial charge in [-0.15, -0.1) is 0 Å². The molecule has 2 N–H and O–H groups in total. The number of ketones is 1. The summed E-state index contributed by atoms with van der Waals surface area (Å²) in [5.41, 5.74) is 1.13. The summed E-state index contributed by atoms with van der Waals surface area (Å²) in [6.45, 7) is 0. The molecular weight excluding hydrogens is 156 g/mol. The number of phenolic OH excluding ortho intramolecular Hbond substituents is 2. The zero-order valence-electron chi connectivity index (χ0n) is 6.37. The smallest absolute Gasteiger partial charge is 0.163 e. The van der Waals surface area contributed by atoms with E-state index in [1.54, 1.807) is 6.07 Å². The van der Waals surface area contributed by atoms with E-state index in [9.17, 15) is 9.90 Å². The Hall–Kier alpha value is -1.51. The van der Waals surface area contributed by atoms with Crippen LogP contribution in [0.25, 0.3) is 0 Å². The Balaban J connectivity index is 2.68.